The maximum atomic E-state index is 12.7. The fraction of sp³-hybridized carbons (Fsp3) is 0.444. The Morgan fingerprint density at radius 2 is 2.17 bits per heavy atom. The Labute approximate surface area is 150 Å². The first-order valence-electron chi connectivity index (χ1n) is 8.39. The summed E-state index contributed by atoms with van der Waals surface area (Å²) in [6.07, 6.45) is 5.40. The van der Waals surface area contributed by atoms with Crippen molar-refractivity contribution in [2.45, 2.75) is 41.1 Å². The molecule has 0 radical (unpaired) electrons. The van der Waals surface area contributed by atoms with Crippen molar-refractivity contribution in [1.29, 1.82) is 0 Å². The molecule has 0 aliphatic carbocycles. The van der Waals surface area contributed by atoms with Crippen LogP contribution in [0.25, 0.3) is 0 Å². The zero-order valence-electron chi connectivity index (χ0n) is 13.7. The Morgan fingerprint density at radius 1 is 1.33 bits per heavy atom. The van der Waals surface area contributed by atoms with Gasteiger partial charge in [-0.3, -0.25) is 9.69 Å². The molecule has 1 amide bonds. The van der Waals surface area contributed by atoms with E-state index in [2.05, 4.69) is 22.1 Å². The largest absolute Gasteiger partial charge is 0.333 e. The monoisotopic (exact) mass is 359 g/mol. The maximum absolute atomic E-state index is 12.7. The number of nitrogens with zero attached hydrogens (tertiary/aromatic N) is 2. The first-order chi connectivity index (χ1) is 11.6. The van der Waals surface area contributed by atoms with Crippen molar-refractivity contribution in [3.8, 4) is 0 Å². The summed E-state index contributed by atoms with van der Waals surface area (Å²) in [7, 11) is 0. The predicted octanol–water partition coefficient (Wildman–Crippen LogP) is 3.86. The van der Waals surface area contributed by atoms with Gasteiger partial charge in [-0.25, -0.2) is 4.98 Å². The fourth-order valence-electron chi connectivity index (χ4n) is 3.77. The molecular formula is C18H21N3OS2. The Balaban J connectivity index is 1.44. The molecule has 2 aromatic rings. The average molecular weight is 360 g/mol. The van der Waals surface area contributed by atoms with Gasteiger partial charge in [0.25, 0.3) is 5.91 Å². The third kappa shape index (κ3) is 3.23. The number of rotatable bonds is 4. The highest BCUT2D eigenvalue weighted by Crippen LogP contribution is 2.38. The molecule has 6 heteroatoms. The first kappa shape index (κ1) is 16.1. The molecular weight excluding hydrogens is 338 g/mol. The molecule has 3 aliphatic rings. The summed E-state index contributed by atoms with van der Waals surface area (Å²) in [6, 6.07) is 9.80. The number of carbonyl (C=O) groups is 1. The lowest BCUT2D eigenvalue weighted by Gasteiger charge is -2.52. The van der Waals surface area contributed by atoms with Crippen LogP contribution in [0.4, 0.5) is 0 Å². The van der Waals surface area contributed by atoms with Gasteiger partial charge in [0, 0.05) is 19.3 Å². The summed E-state index contributed by atoms with van der Waals surface area (Å²) < 4.78 is 1.09. The van der Waals surface area contributed by atoms with E-state index in [0.717, 1.165) is 39.5 Å². The number of piperidine rings is 3. The quantitative estimate of drug-likeness (QED) is 0.900. The topological polar surface area (TPSA) is 45.2 Å². The Kier molecular flexibility index (Phi) is 4.37. The van der Waals surface area contributed by atoms with E-state index in [4.69, 9.17) is 0 Å². The molecule has 0 unspecified atom stereocenters. The predicted molar refractivity (Wildman–Crippen MR) is 97.5 cm³/mol. The van der Waals surface area contributed by atoms with Crippen molar-refractivity contribution in [3.05, 3.63) is 41.4 Å². The number of thiophene rings is 1. The number of nitrogens with one attached hydrogen (secondary N) is 1. The lowest BCUT2D eigenvalue weighted by Crippen LogP contribution is -2.65. The number of fused-ring (bicyclic) bond motifs is 3. The molecule has 0 aromatic carbocycles. The number of hydrogen-bond acceptors (Lipinski definition) is 5. The van der Waals surface area contributed by atoms with Gasteiger partial charge in [-0.15, -0.1) is 11.3 Å². The molecule has 1 atom stereocenters. The molecule has 3 aliphatic heterocycles. The van der Waals surface area contributed by atoms with Crippen LogP contribution in [0.3, 0.4) is 0 Å². The van der Waals surface area contributed by atoms with Crippen LogP contribution in [0.15, 0.2) is 45.8 Å². The molecule has 126 valence electrons. The van der Waals surface area contributed by atoms with Crippen molar-refractivity contribution in [3.63, 3.8) is 0 Å². The van der Waals surface area contributed by atoms with Gasteiger partial charge in [0.1, 0.15) is 5.03 Å². The summed E-state index contributed by atoms with van der Waals surface area (Å²) in [5, 5.41) is 4.25. The van der Waals surface area contributed by atoms with Crippen molar-refractivity contribution in [1.82, 2.24) is 15.2 Å². The SMILES string of the molecule is C[C@@]1(NC(=O)c2ccc(Sc3ccccn3)s2)CC2CCN1CC2. The zero-order valence-corrected chi connectivity index (χ0v) is 15.3. The standard InChI is InChI=1S/C18H21N3OS2/c1-18(12-13-7-10-21(18)11-8-13)20-17(22)14-5-6-16(23-14)24-15-4-2-3-9-19-15/h2-6,9,13H,7-8,10-12H2,1H3,(H,20,22)/t18-/m0/s1. The minimum absolute atomic E-state index is 0.0444. The third-order valence-electron chi connectivity index (χ3n) is 5.03. The van der Waals surface area contributed by atoms with Crippen LogP contribution in [0.5, 0.6) is 0 Å². The average Bonchev–Trinajstić information content (AvgIpc) is 3.05. The molecule has 2 aromatic heterocycles. The van der Waals surface area contributed by atoms with Gasteiger partial charge in [-0.1, -0.05) is 17.8 Å². The van der Waals surface area contributed by atoms with E-state index in [0.29, 0.717) is 0 Å². The van der Waals surface area contributed by atoms with Gasteiger partial charge in [0.05, 0.1) is 14.7 Å². The maximum Gasteiger partial charge on any atom is 0.262 e. The van der Waals surface area contributed by atoms with E-state index < -0.39 is 0 Å². The van der Waals surface area contributed by atoms with Crippen LogP contribution in [-0.2, 0) is 0 Å². The lowest BCUT2D eigenvalue weighted by atomic mass is 9.80. The van der Waals surface area contributed by atoms with Gasteiger partial charge in [-0.2, -0.15) is 0 Å². The number of aromatic nitrogens is 1. The van der Waals surface area contributed by atoms with Gasteiger partial charge in [-0.05, 0) is 56.4 Å². The van der Waals surface area contributed by atoms with Gasteiger partial charge in [0.2, 0.25) is 0 Å². The molecule has 0 saturated carbocycles. The van der Waals surface area contributed by atoms with Crippen LogP contribution in [0.2, 0.25) is 0 Å². The molecule has 0 spiro atoms. The van der Waals surface area contributed by atoms with Crippen molar-refractivity contribution >= 4 is 29.0 Å². The van der Waals surface area contributed by atoms with Crippen LogP contribution in [-0.4, -0.2) is 34.5 Å². The second-order valence-corrected chi connectivity index (χ2v) is 9.16. The van der Waals surface area contributed by atoms with E-state index in [1.807, 2.05) is 30.3 Å². The van der Waals surface area contributed by atoms with Crippen molar-refractivity contribution < 1.29 is 4.79 Å². The van der Waals surface area contributed by atoms with Gasteiger partial charge in [0.15, 0.2) is 0 Å². The summed E-state index contributed by atoms with van der Waals surface area (Å²) in [5.41, 5.74) is -0.184. The van der Waals surface area contributed by atoms with Gasteiger partial charge >= 0.3 is 0 Å². The zero-order chi connectivity index (χ0) is 16.6. The molecule has 24 heavy (non-hydrogen) atoms. The molecule has 2 bridgehead atoms. The Morgan fingerprint density at radius 3 is 2.83 bits per heavy atom. The number of hydrogen-bond donors (Lipinski definition) is 1. The summed E-state index contributed by atoms with van der Waals surface area (Å²) in [5.74, 6) is 0.807. The summed E-state index contributed by atoms with van der Waals surface area (Å²) in [6.45, 7) is 4.38. The third-order valence-corrected chi connectivity index (χ3v) is 7.20. The van der Waals surface area contributed by atoms with Gasteiger partial charge < -0.3 is 5.32 Å². The highest BCUT2D eigenvalue weighted by atomic mass is 32.2. The number of carbonyl (C=O) groups excluding carboxylic acids is 1. The first-order valence-corrected chi connectivity index (χ1v) is 10.0. The van der Waals surface area contributed by atoms with Crippen LogP contribution in [0, 0.1) is 5.92 Å². The van der Waals surface area contributed by atoms with Crippen molar-refractivity contribution in [2.24, 2.45) is 5.92 Å². The van der Waals surface area contributed by atoms with E-state index in [9.17, 15) is 4.79 Å². The Hall–Kier alpha value is -1.37. The lowest BCUT2D eigenvalue weighted by molar-refractivity contribution is -0.0346. The second kappa shape index (κ2) is 6.50. The van der Waals surface area contributed by atoms with Crippen LogP contribution in [0.1, 0.15) is 35.9 Å². The highest BCUT2D eigenvalue weighted by molar-refractivity contribution is 8.01. The summed E-state index contributed by atoms with van der Waals surface area (Å²) >= 11 is 3.14. The van der Waals surface area contributed by atoms with E-state index in [1.165, 1.54) is 24.2 Å². The summed E-state index contributed by atoms with van der Waals surface area (Å²) in [4.78, 5) is 20.2. The number of amides is 1. The van der Waals surface area contributed by atoms with E-state index in [1.54, 1.807) is 18.0 Å². The molecule has 5 heterocycles. The van der Waals surface area contributed by atoms with E-state index in [-0.39, 0.29) is 11.6 Å². The Bertz CT molecular complexity index is 725. The molecule has 1 N–H and O–H groups in total. The van der Waals surface area contributed by atoms with Crippen LogP contribution < -0.4 is 5.32 Å². The van der Waals surface area contributed by atoms with Crippen molar-refractivity contribution in [2.75, 3.05) is 13.1 Å². The molecule has 3 saturated heterocycles. The highest BCUT2D eigenvalue weighted by Gasteiger charge is 2.43. The van der Waals surface area contributed by atoms with Crippen LogP contribution >= 0.6 is 23.1 Å². The smallest absolute Gasteiger partial charge is 0.262 e. The number of pyridine rings is 1. The molecule has 5 rings (SSSR count). The minimum Gasteiger partial charge on any atom is -0.333 e. The second-order valence-electron chi connectivity index (χ2n) is 6.75. The minimum atomic E-state index is -0.184. The normalized spacial score (nSPS) is 28.7. The molecule has 3 fully saturated rings. The molecule has 4 nitrogen and oxygen atoms in total. The van der Waals surface area contributed by atoms with E-state index >= 15 is 0 Å². The fourth-order valence-corrected chi connectivity index (χ4v) is 5.69.